The lowest BCUT2D eigenvalue weighted by Gasteiger charge is -2.51. The van der Waals surface area contributed by atoms with Crippen LogP contribution in [0.2, 0.25) is 0 Å². The van der Waals surface area contributed by atoms with E-state index in [1.165, 1.54) is 97.4 Å². The van der Waals surface area contributed by atoms with Crippen LogP contribution in [-0.4, -0.2) is 74.7 Å². The number of nitrogens with zero attached hydrogens (tertiary/aromatic N) is 2. The monoisotopic (exact) mass is 306 g/mol. The molecule has 0 bridgehead atoms. The van der Waals surface area contributed by atoms with Crippen LogP contribution in [0.5, 0.6) is 0 Å². The second kappa shape index (κ2) is 6.76. The summed E-state index contributed by atoms with van der Waals surface area (Å²) < 4.78 is 0. The number of likely N-dealkylation sites (tertiary alicyclic amines) is 2. The highest BCUT2D eigenvalue weighted by molar-refractivity contribution is 4.97. The fourth-order valence-electron chi connectivity index (χ4n) is 5.09. The van der Waals surface area contributed by atoms with Gasteiger partial charge in [-0.2, -0.15) is 0 Å². The summed E-state index contributed by atoms with van der Waals surface area (Å²) in [4.78, 5) is 5.58. The SMILES string of the molecule is C1CC(CN2CCC(N3CCC4(CC3)CNC4)CC2)CCN1. The molecule has 2 N–H and O–H groups in total. The van der Waals surface area contributed by atoms with Crippen LogP contribution in [0.1, 0.15) is 38.5 Å². The van der Waals surface area contributed by atoms with Crippen LogP contribution < -0.4 is 10.6 Å². The Morgan fingerprint density at radius 1 is 0.818 bits per heavy atom. The van der Waals surface area contributed by atoms with Crippen molar-refractivity contribution in [2.24, 2.45) is 11.3 Å². The van der Waals surface area contributed by atoms with Gasteiger partial charge in [0.15, 0.2) is 0 Å². The first-order valence-corrected chi connectivity index (χ1v) is 9.71. The zero-order valence-electron chi connectivity index (χ0n) is 14.2. The molecule has 4 heteroatoms. The summed E-state index contributed by atoms with van der Waals surface area (Å²) in [6.45, 7) is 11.8. The van der Waals surface area contributed by atoms with Gasteiger partial charge in [0, 0.05) is 25.7 Å². The second-order valence-corrected chi connectivity index (χ2v) is 8.36. The van der Waals surface area contributed by atoms with Crippen LogP contribution in [0.25, 0.3) is 0 Å². The molecule has 4 saturated heterocycles. The van der Waals surface area contributed by atoms with Crippen molar-refractivity contribution in [2.75, 3.05) is 58.9 Å². The Hall–Kier alpha value is -0.160. The van der Waals surface area contributed by atoms with Crippen molar-refractivity contribution in [2.45, 2.75) is 44.6 Å². The highest BCUT2D eigenvalue weighted by Gasteiger charge is 2.41. The van der Waals surface area contributed by atoms with Gasteiger partial charge in [0.2, 0.25) is 0 Å². The van der Waals surface area contributed by atoms with E-state index in [1.807, 2.05) is 0 Å². The molecule has 0 amide bonds. The molecule has 4 fully saturated rings. The van der Waals surface area contributed by atoms with Crippen molar-refractivity contribution in [3.05, 3.63) is 0 Å². The molecule has 0 saturated carbocycles. The van der Waals surface area contributed by atoms with Gasteiger partial charge in [0.25, 0.3) is 0 Å². The van der Waals surface area contributed by atoms with Gasteiger partial charge in [-0.15, -0.1) is 0 Å². The molecule has 1 spiro atoms. The van der Waals surface area contributed by atoms with Gasteiger partial charge in [-0.1, -0.05) is 0 Å². The van der Waals surface area contributed by atoms with Crippen LogP contribution in [0.15, 0.2) is 0 Å². The maximum Gasteiger partial charge on any atom is 0.0120 e. The van der Waals surface area contributed by atoms with E-state index in [1.54, 1.807) is 0 Å². The van der Waals surface area contributed by atoms with Crippen molar-refractivity contribution in [3.63, 3.8) is 0 Å². The molecule has 22 heavy (non-hydrogen) atoms. The van der Waals surface area contributed by atoms with Gasteiger partial charge in [-0.25, -0.2) is 0 Å². The van der Waals surface area contributed by atoms with Gasteiger partial charge >= 0.3 is 0 Å². The molecule has 0 aliphatic carbocycles. The molecule has 4 nitrogen and oxygen atoms in total. The molecular weight excluding hydrogens is 272 g/mol. The number of hydrogen-bond acceptors (Lipinski definition) is 4. The summed E-state index contributed by atoms with van der Waals surface area (Å²) in [5.41, 5.74) is 0.701. The Bertz CT molecular complexity index is 344. The average Bonchev–Trinajstić information content (AvgIpc) is 2.55. The van der Waals surface area contributed by atoms with Crippen LogP contribution in [-0.2, 0) is 0 Å². The summed E-state index contributed by atoms with van der Waals surface area (Å²) in [5, 5.41) is 6.97. The molecule has 4 aliphatic rings. The predicted molar refractivity (Wildman–Crippen MR) is 91.2 cm³/mol. The van der Waals surface area contributed by atoms with Gasteiger partial charge in [-0.3, -0.25) is 0 Å². The quantitative estimate of drug-likeness (QED) is 0.818. The Morgan fingerprint density at radius 3 is 2.09 bits per heavy atom. The van der Waals surface area contributed by atoms with Crippen molar-refractivity contribution in [1.82, 2.24) is 20.4 Å². The van der Waals surface area contributed by atoms with Crippen LogP contribution >= 0.6 is 0 Å². The normalized spacial score (nSPS) is 32.2. The maximum atomic E-state index is 3.49. The minimum Gasteiger partial charge on any atom is -0.317 e. The lowest BCUT2D eigenvalue weighted by Crippen LogP contribution is -2.59. The van der Waals surface area contributed by atoms with Gasteiger partial charge in [0.1, 0.15) is 0 Å². The Kier molecular flexibility index (Phi) is 4.72. The highest BCUT2D eigenvalue weighted by Crippen LogP contribution is 2.36. The Balaban J connectivity index is 1.19. The zero-order chi connectivity index (χ0) is 14.8. The third-order valence-electron chi connectivity index (χ3n) is 6.91. The van der Waals surface area contributed by atoms with Crippen LogP contribution in [0.4, 0.5) is 0 Å². The molecule has 0 atom stereocenters. The number of hydrogen-bond donors (Lipinski definition) is 2. The van der Waals surface area contributed by atoms with Crippen LogP contribution in [0.3, 0.4) is 0 Å². The minimum absolute atomic E-state index is 0.701. The molecule has 0 unspecified atom stereocenters. The van der Waals surface area contributed by atoms with Gasteiger partial charge < -0.3 is 20.4 Å². The summed E-state index contributed by atoms with van der Waals surface area (Å²) >= 11 is 0. The summed E-state index contributed by atoms with van der Waals surface area (Å²) in [6.07, 6.45) is 8.49. The van der Waals surface area contributed by atoms with Gasteiger partial charge in [-0.05, 0) is 89.1 Å². The minimum atomic E-state index is 0.701. The molecular formula is C18H34N4. The Morgan fingerprint density at radius 2 is 1.50 bits per heavy atom. The highest BCUT2D eigenvalue weighted by atomic mass is 15.2. The first-order valence-electron chi connectivity index (χ1n) is 9.71. The van der Waals surface area contributed by atoms with Crippen molar-refractivity contribution >= 4 is 0 Å². The standard InChI is InChI=1S/C18H34N4/c1-7-19-8-2-16(1)13-21-9-3-17(4-10-21)22-11-5-18(6-12-22)14-20-15-18/h16-17,19-20H,1-15H2. The fourth-order valence-corrected chi connectivity index (χ4v) is 5.09. The first-order chi connectivity index (χ1) is 10.8. The third kappa shape index (κ3) is 3.35. The fraction of sp³-hybridized carbons (Fsp3) is 1.00. The molecule has 0 radical (unpaired) electrons. The lowest BCUT2D eigenvalue weighted by atomic mass is 9.73. The molecule has 4 heterocycles. The Labute approximate surface area is 136 Å². The van der Waals surface area contributed by atoms with E-state index < -0.39 is 0 Å². The van der Waals surface area contributed by atoms with E-state index in [2.05, 4.69) is 20.4 Å². The largest absolute Gasteiger partial charge is 0.317 e. The maximum absolute atomic E-state index is 3.49. The average molecular weight is 306 g/mol. The lowest BCUT2D eigenvalue weighted by molar-refractivity contribution is 0.0150. The first kappa shape index (κ1) is 15.4. The van der Waals surface area contributed by atoms with E-state index in [9.17, 15) is 0 Å². The van der Waals surface area contributed by atoms with E-state index in [-0.39, 0.29) is 0 Å². The topological polar surface area (TPSA) is 30.5 Å². The predicted octanol–water partition coefficient (Wildman–Crippen LogP) is 1.14. The third-order valence-corrected chi connectivity index (χ3v) is 6.91. The van der Waals surface area contributed by atoms with Crippen molar-refractivity contribution in [3.8, 4) is 0 Å². The van der Waals surface area contributed by atoms with Crippen molar-refractivity contribution in [1.29, 1.82) is 0 Å². The van der Waals surface area contributed by atoms with E-state index in [0.717, 1.165) is 12.0 Å². The summed E-state index contributed by atoms with van der Waals surface area (Å²) in [7, 11) is 0. The molecule has 0 aromatic heterocycles. The number of rotatable bonds is 3. The molecule has 0 aromatic rings. The van der Waals surface area contributed by atoms with E-state index >= 15 is 0 Å². The smallest absolute Gasteiger partial charge is 0.0120 e. The van der Waals surface area contributed by atoms with Crippen molar-refractivity contribution < 1.29 is 0 Å². The molecule has 126 valence electrons. The summed E-state index contributed by atoms with van der Waals surface area (Å²) in [6, 6.07) is 0.884. The molecule has 0 aromatic carbocycles. The number of nitrogens with one attached hydrogen (secondary N) is 2. The number of piperidine rings is 3. The molecule has 4 aliphatic heterocycles. The summed E-state index contributed by atoms with van der Waals surface area (Å²) in [5.74, 6) is 0.957. The van der Waals surface area contributed by atoms with E-state index in [4.69, 9.17) is 0 Å². The zero-order valence-corrected chi connectivity index (χ0v) is 14.2. The van der Waals surface area contributed by atoms with E-state index in [0.29, 0.717) is 5.41 Å². The second-order valence-electron chi connectivity index (χ2n) is 8.36. The van der Waals surface area contributed by atoms with Gasteiger partial charge in [0.05, 0.1) is 0 Å². The molecule has 4 rings (SSSR count). The van der Waals surface area contributed by atoms with Crippen LogP contribution in [0, 0.1) is 11.3 Å².